The molecule has 4 heteroatoms. The van der Waals surface area contributed by atoms with Gasteiger partial charge in [-0.25, -0.2) is 0 Å². The van der Waals surface area contributed by atoms with Gasteiger partial charge in [0.15, 0.2) is 11.5 Å². The van der Waals surface area contributed by atoms with Gasteiger partial charge in [-0.15, -0.1) is 0 Å². The van der Waals surface area contributed by atoms with Gasteiger partial charge in [0.05, 0.1) is 0 Å². The molecule has 31 heavy (non-hydrogen) atoms. The first-order valence-corrected chi connectivity index (χ1v) is 12.2. The third-order valence-electron chi connectivity index (χ3n) is 6.55. The third kappa shape index (κ3) is 7.26. The van der Waals surface area contributed by atoms with Crippen molar-refractivity contribution >= 4 is 0 Å². The molecule has 0 radical (unpaired) electrons. The van der Waals surface area contributed by atoms with E-state index in [1.54, 1.807) is 6.07 Å². The molecule has 2 aromatic carbocycles. The monoisotopic (exact) mass is 424 g/mol. The Kier molecular flexibility index (Phi) is 9.70. The number of aromatic hydroxyl groups is 2. The molecule has 4 nitrogen and oxygen atoms in total. The Balaban J connectivity index is 1.31. The van der Waals surface area contributed by atoms with Crippen LogP contribution in [0.5, 0.6) is 11.5 Å². The van der Waals surface area contributed by atoms with Gasteiger partial charge < -0.3 is 20.4 Å². The lowest BCUT2D eigenvalue weighted by atomic mass is 9.86. The van der Waals surface area contributed by atoms with E-state index in [1.807, 2.05) is 6.07 Å². The van der Waals surface area contributed by atoms with Crippen molar-refractivity contribution in [2.45, 2.75) is 70.8 Å². The van der Waals surface area contributed by atoms with Gasteiger partial charge in [0.2, 0.25) is 0 Å². The van der Waals surface area contributed by atoms with E-state index in [4.69, 9.17) is 0 Å². The molecule has 2 aromatic rings. The summed E-state index contributed by atoms with van der Waals surface area (Å²) >= 11 is 0. The maximum absolute atomic E-state index is 10.1. The number of hydrogen-bond acceptors (Lipinski definition) is 4. The third-order valence-corrected chi connectivity index (χ3v) is 6.55. The van der Waals surface area contributed by atoms with Crippen molar-refractivity contribution in [3.63, 3.8) is 0 Å². The summed E-state index contributed by atoms with van der Waals surface area (Å²) in [7, 11) is 0. The molecule has 0 aliphatic heterocycles. The molecule has 170 valence electrons. The van der Waals surface area contributed by atoms with Crippen molar-refractivity contribution in [3.8, 4) is 11.5 Å². The SMILES string of the molecule is CCCN(CCCCCCNCCc1ccccc1)[C@@H]1CCc2c(ccc(O)c2O)C1. The molecule has 0 bridgehead atoms. The highest BCUT2D eigenvalue weighted by Gasteiger charge is 2.26. The number of nitrogens with zero attached hydrogens (tertiary/aromatic N) is 1. The highest BCUT2D eigenvalue weighted by Crippen LogP contribution is 2.36. The normalized spacial score (nSPS) is 15.9. The van der Waals surface area contributed by atoms with E-state index in [-0.39, 0.29) is 11.5 Å². The summed E-state index contributed by atoms with van der Waals surface area (Å²) in [4.78, 5) is 2.66. The predicted molar refractivity (Wildman–Crippen MR) is 129 cm³/mol. The number of phenols is 2. The van der Waals surface area contributed by atoms with Crippen LogP contribution in [-0.2, 0) is 19.3 Å². The standard InChI is InChI=1S/C27H40N2O2/c1-2-19-29(24-13-14-25-23(21-24)12-15-26(30)27(25)31)20-9-4-3-8-17-28-18-16-22-10-6-5-7-11-22/h5-7,10-12,15,24,28,30-31H,2-4,8-9,13-14,16-21H2,1H3/t24-/m1/s1. The second-order valence-corrected chi connectivity index (χ2v) is 8.90. The fourth-order valence-corrected chi connectivity index (χ4v) is 4.80. The molecule has 1 aliphatic rings. The molecule has 0 aromatic heterocycles. The number of unbranched alkanes of at least 4 members (excludes halogenated alkanes) is 3. The van der Waals surface area contributed by atoms with E-state index in [0.29, 0.717) is 6.04 Å². The van der Waals surface area contributed by atoms with Crippen LogP contribution in [-0.4, -0.2) is 47.3 Å². The van der Waals surface area contributed by atoms with Gasteiger partial charge in [-0.3, -0.25) is 0 Å². The van der Waals surface area contributed by atoms with Crippen LogP contribution >= 0.6 is 0 Å². The van der Waals surface area contributed by atoms with Gasteiger partial charge in [-0.05, 0) is 88.3 Å². The Bertz CT molecular complexity index is 778. The minimum absolute atomic E-state index is 0.0113. The van der Waals surface area contributed by atoms with E-state index >= 15 is 0 Å². The molecule has 3 N–H and O–H groups in total. The van der Waals surface area contributed by atoms with Crippen LogP contribution in [0.2, 0.25) is 0 Å². The maximum atomic E-state index is 10.1. The number of nitrogens with one attached hydrogen (secondary N) is 1. The van der Waals surface area contributed by atoms with Crippen molar-refractivity contribution in [1.29, 1.82) is 0 Å². The maximum Gasteiger partial charge on any atom is 0.160 e. The molecule has 0 saturated carbocycles. The fourth-order valence-electron chi connectivity index (χ4n) is 4.80. The van der Waals surface area contributed by atoms with Crippen molar-refractivity contribution in [2.24, 2.45) is 0 Å². The predicted octanol–water partition coefficient (Wildman–Crippen LogP) is 5.06. The number of rotatable bonds is 13. The smallest absolute Gasteiger partial charge is 0.160 e. The van der Waals surface area contributed by atoms with Crippen LogP contribution in [0.1, 0.15) is 62.1 Å². The Labute approximate surface area is 188 Å². The average molecular weight is 425 g/mol. The van der Waals surface area contributed by atoms with Crippen LogP contribution in [0.3, 0.4) is 0 Å². The summed E-state index contributed by atoms with van der Waals surface area (Å²) in [5.74, 6) is 0.104. The van der Waals surface area contributed by atoms with Gasteiger partial charge in [0.25, 0.3) is 0 Å². The highest BCUT2D eigenvalue weighted by atomic mass is 16.3. The number of fused-ring (bicyclic) bond motifs is 1. The van der Waals surface area contributed by atoms with E-state index in [9.17, 15) is 10.2 Å². The summed E-state index contributed by atoms with van der Waals surface area (Å²) in [6, 6.07) is 14.9. The topological polar surface area (TPSA) is 55.7 Å². The van der Waals surface area contributed by atoms with Crippen LogP contribution in [0.15, 0.2) is 42.5 Å². The lowest BCUT2D eigenvalue weighted by molar-refractivity contribution is 0.175. The van der Waals surface area contributed by atoms with E-state index < -0.39 is 0 Å². The number of hydrogen-bond donors (Lipinski definition) is 3. The first-order valence-electron chi connectivity index (χ1n) is 12.2. The van der Waals surface area contributed by atoms with E-state index in [1.165, 1.54) is 49.8 Å². The molecule has 1 aliphatic carbocycles. The van der Waals surface area contributed by atoms with Gasteiger partial charge >= 0.3 is 0 Å². The summed E-state index contributed by atoms with van der Waals surface area (Å²) in [6.07, 6.45) is 10.3. The van der Waals surface area contributed by atoms with Crippen LogP contribution < -0.4 is 5.32 Å². The Morgan fingerprint density at radius 2 is 1.74 bits per heavy atom. The first-order chi connectivity index (χ1) is 15.2. The minimum Gasteiger partial charge on any atom is -0.504 e. The van der Waals surface area contributed by atoms with Crippen LogP contribution in [0, 0.1) is 0 Å². The van der Waals surface area contributed by atoms with Gasteiger partial charge in [-0.1, -0.05) is 56.2 Å². The second-order valence-electron chi connectivity index (χ2n) is 8.90. The molecular formula is C27H40N2O2. The second kappa shape index (κ2) is 12.7. The average Bonchev–Trinajstić information content (AvgIpc) is 2.80. The van der Waals surface area contributed by atoms with Crippen molar-refractivity contribution in [2.75, 3.05) is 26.2 Å². The van der Waals surface area contributed by atoms with E-state index in [0.717, 1.165) is 50.9 Å². The fraction of sp³-hybridized carbons (Fsp3) is 0.556. The van der Waals surface area contributed by atoms with E-state index in [2.05, 4.69) is 47.5 Å². The van der Waals surface area contributed by atoms with Crippen molar-refractivity contribution < 1.29 is 10.2 Å². The minimum atomic E-state index is 0.0113. The molecule has 1 atom stereocenters. The zero-order valence-corrected chi connectivity index (χ0v) is 19.2. The molecule has 0 saturated heterocycles. The lowest BCUT2D eigenvalue weighted by Crippen LogP contribution is -2.40. The first kappa shape index (κ1) is 23.6. The lowest BCUT2D eigenvalue weighted by Gasteiger charge is -2.35. The van der Waals surface area contributed by atoms with Gasteiger partial charge in [0.1, 0.15) is 0 Å². The molecule has 0 heterocycles. The van der Waals surface area contributed by atoms with Crippen LogP contribution in [0.25, 0.3) is 0 Å². The van der Waals surface area contributed by atoms with Gasteiger partial charge in [-0.2, -0.15) is 0 Å². The number of phenolic OH excluding ortho intramolecular Hbond substituents is 2. The van der Waals surface area contributed by atoms with Crippen LogP contribution in [0.4, 0.5) is 0 Å². The van der Waals surface area contributed by atoms with Gasteiger partial charge in [0, 0.05) is 11.6 Å². The van der Waals surface area contributed by atoms with Crippen molar-refractivity contribution in [1.82, 2.24) is 10.2 Å². The summed E-state index contributed by atoms with van der Waals surface area (Å²) in [6.45, 7) is 6.74. The Hall–Kier alpha value is -2.04. The molecule has 0 amide bonds. The zero-order chi connectivity index (χ0) is 21.9. The summed E-state index contributed by atoms with van der Waals surface area (Å²) < 4.78 is 0. The van der Waals surface area contributed by atoms with Crippen molar-refractivity contribution in [3.05, 3.63) is 59.2 Å². The molecule has 0 spiro atoms. The quantitative estimate of drug-likeness (QED) is 0.311. The Morgan fingerprint density at radius 1 is 0.935 bits per heavy atom. The molecule has 0 fully saturated rings. The molecule has 3 rings (SSSR count). The Morgan fingerprint density at radius 3 is 2.55 bits per heavy atom. The molecular weight excluding hydrogens is 384 g/mol. The largest absolute Gasteiger partial charge is 0.504 e. The number of benzene rings is 2. The zero-order valence-electron chi connectivity index (χ0n) is 19.2. The molecule has 0 unspecified atom stereocenters. The summed E-state index contributed by atoms with van der Waals surface area (Å²) in [5.41, 5.74) is 3.56. The highest BCUT2D eigenvalue weighted by molar-refractivity contribution is 5.50. The summed E-state index contributed by atoms with van der Waals surface area (Å²) in [5, 5.41) is 23.5.